The highest BCUT2D eigenvalue weighted by Gasteiger charge is 2.21. The molecule has 2 rings (SSSR count). The molecule has 0 saturated carbocycles. The second-order valence-corrected chi connectivity index (χ2v) is 4.75. The molecule has 1 saturated heterocycles. The van der Waals surface area contributed by atoms with E-state index in [9.17, 15) is 5.11 Å². The molecule has 1 aliphatic heterocycles. The number of benzene rings is 1. The fourth-order valence-electron chi connectivity index (χ4n) is 2.21. The van der Waals surface area contributed by atoms with Gasteiger partial charge in [-0.05, 0) is 44.0 Å². The number of ether oxygens (including phenoxy) is 1. The van der Waals surface area contributed by atoms with Crippen LogP contribution in [0.1, 0.15) is 24.8 Å². The summed E-state index contributed by atoms with van der Waals surface area (Å²) in [6, 6.07) is 8.10. The van der Waals surface area contributed by atoms with Crippen molar-refractivity contribution >= 4 is 0 Å². The van der Waals surface area contributed by atoms with E-state index in [1.165, 1.54) is 18.4 Å². The first-order valence-corrected chi connectivity index (χ1v) is 6.36. The largest absolute Gasteiger partial charge is 0.491 e. The summed E-state index contributed by atoms with van der Waals surface area (Å²) in [5.41, 5.74) is 1.17. The van der Waals surface area contributed by atoms with Crippen molar-refractivity contribution < 1.29 is 9.84 Å². The molecule has 1 aliphatic rings. The third-order valence-electron chi connectivity index (χ3n) is 3.22. The number of nitrogens with one attached hydrogen (secondary N) is 1. The van der Waals surface area contributed by atoms with Crippen LogP contribution in [0.15, 0.2) is 24.3 Å². The average Bonchev–Trinajstić information content (AvgIpc) is 2.37. The molecule has 0 bridgehead atoms. The Balaban J connectivity index is 1.80. The van der Waals surface area contributed by atoms with Crippen LogP contribution >= 0.6 is 0 Å². The van der Waals surface area contributed by atoms with Crippen LogP contribution in [-0.2, 0) is 0 Å². The zero-order valence-corrected chi connectivity index (χ0v) is 10.4. The summed E-state index contributed by atoms with van der Waals surface area (Å²) < 4.78 is 5.61. The van der Waals surface area contributed by atoms with E-state index in [0.29, 0.717) is 6.61 Å². The first kappa shape index (κ1) is 12.4. The Bertz CT molecular complexity index is 348. The molecule has 17 heavy (non-hydrogen) atoms. The van der Waals surface area contributed by atoms with Gasteiger partial charge in [0.05, 0.1) is 0 Å². The van der Waals surface area contributed by atoms with Crippen LogP contribution in [0.4, 0.5) is 0 Å². The second-order valence-electron chi connectivity index (χ2n) is 4.75. The smallest absolute Gasteiger partial charge is 0.119 e. The summed E-state index contributed by atoms with van der Waals surface area (Å²) in [5, 5.41) is 13.4. The number of hydrogen-bond donors (Lipinski definition) is 2. The molecule has 2 atom stereocenters. The number of piperidine rings is 1. The van der Waals surface area contributed by atoms with Crippen molar-refractivity contribution in [2.24, 2.45) is 0 Å². The van der Waals surface area contributed by atoms with Crippen LogP contribution in [0, 0.1) is 6.92 Å². The summed E-state index contributed by atoms with van der Waals surface area (Å²) in [5.74, 6) is 0.833. The quantitative estimate of drug-likeness (QED) is 0.837. The predicted octanol–water partition coefficient (Wildman–Crippen LogP) is 1.88. The maximum atomic E-state index is 10.0. The standard InChI is InChI=1S/C14H21NO2/c1-11-5-4-6-12(9-11)17-10-14(16)13-7-2-3-8-15-13/h4-6,9,13-16H,2-3,7-8,10H2,1H3/t13-,14-/m0/s1. The van der Waals surface area contributed by atoms with Crippen LogP contribution in [0.2, 0.25) is 0 Å². The second kappa shape index (κ2) is 6.03. The molecule has 1 aromatic rings. The van der Waals surface area contributed by atoms with Gasteiger partial charge in [0.25, 0.3) is 0 Å². The maximum absolute atomic E-state index is 10.0. The molecule has 0 amide bonds. The number of aliphatic hydroxyl groups excluding tert-OH is 1. The molecule has 0 aliphatic carbocycles. The highest BCUT2D eigenvalue weighted by molar-refractivity contribution is 5.27. The number of aliphatic hydroxyl groups is 1. The minimum absolute atomic E-state index is 0.188. The Kier molecular flexibility index (Phi) is 4.40. The van der Waals surface area contributed by atoms with E-state index < -0.39 is 6.10 Å². The zero-order chi connectivity index (χ0) is 12.1. The Labute approximate surface area is 103 Å². The van der Waals surface area contributed by atoms with Crippen molar-refractivity contribution in [1.82, 2.24) is 5.32 Å². The van der Waals surface area contributed by atoms with E-state index in [1.54, 1.807) is 0 Å². The van der Waals surface area contributed by atoms with Gasteiger partial charge in [0.2, 0.25) is 0 Å². The minimum atomic E-state index is -0.421. The van der Waals surface area contributed by atoms with E-state index in [4.69, 9.17) is 4.74 Å². The molecule has 1 fully saturated rings. The fraction of sp³-hybridized carbons (Fsp3) is 0.571. The van der Waals surface area contributed by atoms with Gasteiger partial charge in [0, 0.05) is 6.04 Å². The van der Waals surface area contributed by atoms with Crippen molar-refractivity contribution in [2.75, 3.05) is 13.2 Å². The third kappa shape index (κ3) is 3.72. The van der Waals surface area contributed by atoms with Gasteiger partial charge in [-0.2, -0.15) is 0 Å². The van der Waals surface area contributed by atoms with Gasteiger partial charge in [0.15, 0.2) is 0 Å². The lowest BCUT2D eigenvalue weighted by molar-refractivity contribution is 0.0639. The fourth-order valence-corrected chi connectivity index (χ4v) is 2.21. The van der Waals surface area contributed by atoms with Crippen molar-refractivity contribution in [3.05, 3.63) is 29.8 Å². The maximum Gasteiger partial charge on any atom is 0.119 e. The Hall–Kier alpha value is -1.06. The van der Waals surface area contributed by atoms with Gasteiger partial charge in [-0.1, -0.05) is 18.6 Å². The molecule has 2 N–H and O–H groups in total. The SMILES string of the molecule is Cc1cccc(OC[C@H](O)[C@@H]2CCCCN2)c1. The van der Waals surface area contributed by atoms with Gasteiger partial charge in [0.1, 0.15) is 18.5 Å². The molecule has 3 nitrogen and oxygen atoms in total. The third-order valence-corrected chi connectivity index (χ3v) is 3.22. The van der Waals surface area contributed by atoms with Crippen LogP contribution < -0.4 is 10.1 Å². The predicted molar refractivity (Wildman–Crippen MR) is 68.3 cm³/mol. The zero-order valence-electron chi connectivity index (χ0n) is 10.4. The normalized spacial score (nSPS) is 22.1. The molecular weight excluding hydrogens is 214 g/mol. The summed E-state index contributed by atoms with van der Waals surface area (Å²) >= 11 is 0. The van der Waals surface area contributed by atoms with Crippen molar-refractivity contribution in [2.45, 2.75) is 38.3 Å². The van der Waals surface area contributed by atoms with Gasteiger partial charge in [-0.3, -0.25) is 0 Å². The Morgan fingerprint density at radius 2 is 2.35 bits per heavy atom. The Morgan fingerprint density at radius 3 is 3.06 bits per heavy atom. The molecular formula is C14H21NO2. The lowest BCUT2D eigenvalue weighted by atomic mass is 10.0. The molecule has 94 valence electrons. The average molecular weight is 235 g/mol. The summed E-state index contributed by atoms with van der Waals surface area (Å²) in [7, 11) is 0. The number of rotatable bonds is 4. The highest BCUT2D eigenvalue weighted by Crippen LogP contribution is 2.15. The van der Waals surface area contributed by atoms with Crippen LogP contribution in [0.3, 0.4) is 0 Å². The van der Waals surface area contributed by atoms with Crippen LogP contribution in [0.25, 0.3) is 0 Å². The summed E-state index contributed by atoms with van der Waals surface area (Å²) in [6.45, 7) is 3.40. The molecule has 0 unspecified atom stereocenters. The first-order chi connectivity index (χ1) is 8.25. The summed E-state index contributed by atoms with van der Waals surface area (Å²) in [4.78, 5) is 0. The molecule has 0 radical (unpaired) electrons. The van der Waals surface area contributed by atoms with E-state index >= 15 is 0 Å². The topological polar surface area (TPSA) is 41.5 Å². The van der Waals surface area contributed by atoms with Gasteiger partial charge in [-0.15, -0.1) is 0 Å². The van der Waals surface area contributed by atoms with E-state index in [0.717, 1.165) is 18.7 Å². The first-order valence-electron chi connectivity index (χ1n) is 6.36. The monoisotopic (exact) mass is 235 g/mol. The highest BCUT2D eigenvalue weighted by atomic mass is 16.5. The van der Waals surface area contributed by atoms with Crippen LogP contribution in [0.5, 0.6) is 5.75 Å². The Morgan fingerprint density at radius 1 is 1.47 bits per heavy atom. The lowest BCUT2D eigenvalue weighted by Crippen LogP contribution is -2.45. The molecule has 0 aromatic heterocycles. The lowest BCUT2D eigenvalue weighted by Gasteiger charge is -2.27. The van der Waals surface area contributed by atoms with Gasteiger partial charge in [-0.25, -0.2) is 0 Å². The van der Waals surface area contributed by atoms with E-state index in [2.05, 4.69) is 5.32 Å². The molecule has 1 aromatic carbocycles. The van der Waals surface area contributed by atoms with Crippen molar-refractivity contribution in [3.8, 4) is 5.75 Å². The molecule has 3 heteroatoms. The van der Waals surface area contributed by atoms with E-state index in [1.807, 2.05) is 31.2 Å². The summed E-state index contributed by atoms with van der Waals surface area (Å²) in [6.07, 6.45) is 3.02. The number of hydrogen-bond acceptors (Lipinski definition) is 3. The minimum Gasteiger partial charge on any atom is -0.491 e. The molecule has 1 heterocycles. The van der Waals surface area contributed by atoms with Crippen molar-refractivity contribution in [3.63, 3.8) is 0 Å². The van der Waals surface area contributed by atoms with Gasteiger partial charge < -0.3 is 15.2 Å². The van der Waals surface area contributed by atoms with Crippen molar-refractivity contribution in [1.29, 1.82) is 0 Å². The molecule has 0 spiro atoms. The van der Waals surface area contributed by atoms with E-state index in [-0.39, 0.29) is 6.04 Å². The number of aryl methyl sites for hydroxylation is 1. The van der Waals surface area contributed by atoms with Crippen LogP contribution in [-0.4, -0.2) is 30.4 Å². The van der Waals surface area contributed by atoms with Gasteiger partial charge >= 0.3 is 0 Å².